The van der Waals surface area contributed by atoms with Crippen LogP contribution in [0.1, 0.15) is 19.3 Å². The second kappa shape index (κ2) is 5.63. The van der Waals surface area contributed by atoms with E-state index in [1.54, 1.807) is 16.9 Å². The number of anilines is 1. The van der Waals surface area contributed by atoms with E-state index in [9.17, 15) is 4.39 Å². The zero-order valence-corrected chi connectivity index (χ0v) is 14.5. The van der Waals surface area contributed by atoms with Crippen molar-refractivity contribution in [1.29, 1.82) is 0 Å². The van der Waals surface area contributed by atoms with E-state index in [1.165, 1.54) is 0 Å². The van der Waals surface area contributed by atoms with Crippen molar-refractivity contribution in [3.63, 3.8) is 0 Å². The lowest BCUT2D eigenvalue weighted by molar-refractivity contribution is 0.0782. The van der Waals surface area contributed by atoms with Crippen LogP contribution < -0.4 is 5.32 Å². The molecule has 0 radical (unpaired) electrons. The average Bonchev–Trinajstić information content (AvgIpc) is 3.24. The predicted molar refractivity (Wildman–Crippen MR) is 97.1 cm³/mol. The Labute approximate surface area is 152 Å². The number of H-pyrrole nitrogens is 1. The zero-order chi connectivity index (χ0) is 17.7. The normalized spacial score (nSPS) is 16.1. The van der Waals surface area contributed by atoms with Crippen LogP contribution in [0.15, 0.2) is 30.6 Å². The monoisotopic (exact) mass is 371 g/mol. The van der Waals surface area contributed by atoms with Gasteiger partial charge < -0.3 is 10.3 Å². The molecular formula is C17H15ClFN7. The van der Waals surface area contributed by atoms with E-state index in [4.69, 9.17) is 11.6 Å². The third-order valence-corrected chi connectivity index (χ3v) is 5.05. The van der Waals surface area contributed by atoms with Crippen LogP contribution in [0.2, 0.25) is 5.15 Å². The number of rotatable bonds is 4. The van der Waals surface area contributed by atoms with Gasteiger partial charge in [-0.1, -0.05) is 11.6 Å². The summed E-state index contributed by atoms with van der Waals surface area (Å²) >= 11 is 6.13. The molecule has 0 bridgehead atoms. The minimum atomic E-state index is -1.16. The highest BCUT2D eigenvalue weighted by atomic mass is 35.5. The Hall–Kier alpha value is -2.74. The van der Waals surface area contributed by atoms with Crippen LogP contribution in [0.3, 0.4) is 0 Å². The molecule has 0 spiro atoms. The second-order valence-electron chi connectivity index (χ2n) is 6.56. The molecule has 1 fully saturated rings. The molecule has 0 aromatic carbocycles. The van der Waals surface area contributed by atoms with Gasteiger partial charge in [-0.25, -0.2) is 18.9 Å². The van der Waals surface area contributed by atoms with E-state index < -0.39 is 5.67 Å². The van der Waals surface area contributed by atoms with E-state index in [2.05, 4.69) is 30.4 Å². The summed E-state index contributed by atoms with van der Waals surface area (Å²) in [4.78, 5) is 16.3. The van der Waals surface area contributed by atoms with Gasteiger partial charge in [-0.05, 0) is 37.5 Å². The minimum Gasteiger partial charge on any atom is -0.351 e. The number of aromatic amines is 1. The number of alkyl halides is 1. The van der Waals surface area contributed by atoms with Gasteiger partial charge in [0.2, 0.25) is 5.95 Å². The Balaban J connectivity index is 1.58. The van der Waals surface area contributed by atoms with Crippen molar-refractivity contribution in [2.24, 2.45) is 0 Å². The first-order chi connectivity index (χ1) is 12.6. The molecule has 5 rings (SSSR count). The van der Waals surface area contributed by atoms with Gasteiger partial charge in [-0.2, -0.15) is 10.1 Å². The van der Waals surface area contributed by atoms with Gasteiger partial charge in [0, 0.05) is 11.6 Å². The molecule has 2 N–H and O–H groups in total. The summed E-state index contributed by atoms with van der Waals surface area (Å²) < 4.78 is 15.8. The molecule has 132 valence electrons. The molecule has 1 aliphatic rings. The molecule has 0 amide bonds. The molecule has 0 atom stereocenters. The van der Waals surface area contributed by atoms with Crippen molar-refractivity contribution in [3.8, 4) is 11.4 Å². The van der Waals surface area contributed by atoms with Gasteiger partial charge in [0.05, 0.1) is 12.7 Å². The highest BCUT2D eigenvalue weighted by Crippen LogP contribution is 2.36. The van der Waals surface area contributed by atoms with Crippen molar-refractivity contribution in [3.05, 3.63) is 35.7 Å². The molecule has 9 heteroatoms. The highest BCUT2D eigenvalue weighted by molar-refractivity contribution is 6.29. The van der Waals surface area contributed by atoms with Crippen LogP contribution >= 0.6 is 11.6 Å². The highest BCUT2D eigenvalue weighted by Gasteiger charge is 2.36. The van der Waals surface area contributed by atoms with E-state index in [-0.39, 0.29) is 6.54 Å². The maximum atomic E-state index is 14.3. The lowest BCUT2D eigenvalue weighted by atomic mass is 9.82. The average molecular weight is 372 g/mol. The molecule has 0 unspecified atom stereocenters. The number of hydrogen-bond acceptors (Lipinski definition) is 5. The largest absolute Gasteiger partial charge is 0.351 e. The van der Waals surface area contributed by atoms with Crippen LogP contribution in [-0.4, -0.2) is 41.8 Å². The maximum Gasteiger partial charge on any atom is 0.225 e. The summed E-state index contributed by atoms with van der Waals surface area (Å²) in [6, 6.07) is 5.55. The van der Waals surface area contributed by atoms with Crippen LogP contribution in [0.4, 0.5) is 10.3 Å². The molecule has 26 heavy (non-hydrogen) atoms. The first kappa shape index (κ1) is 15.5. The number of fused-ring (bicyclic) bond motifs is 2. The Morgan fingerprint density at radius 3 is 2.96 bits per heavy atom. The summed E-state index contributed by atoms with van der Waals surface area (Å²) in [5.74, 6) is 0.373. The standard InChI is InChI=1S/C17H15ClFN7/c18-12-8-21-13-3-2-11(25-26(12)13)14-10-4-7-20-15(10)24-16(23-14)22-9-17(19)5-1-6-17/h2-4,7-8H,1,5-6,9H2,(H2,20,22,23,24). The quantitative estimate of drug-likeness (QED) is 0.572. The fourth-order valence-electron chi connectivity index (χ4n) is 3.16. The van der Waals surface area contributed by atoms with Gasteiger partial charge in [-0.15, -0.1) is 0 Å². The van der Waals surface area contributed by atoms with Gasteiger partial charge in [0.25, 0.3) is 0 Å². The Kier molecular flexibility index (Phi) is 3.36. The van der Waals surface area contributed by atoms with Crippen LogP contribution in [0.5, 0.6) is 0 Å². The second-order valence-corrected chi connectivity index (χ2v) is 6.95. The number of halogens is 2. The SMILES string of the molecule is FC1(CNc2nc(-c3ccc4ncc(Cl)n4n3)c3cc[nH]c3n2)CCC1. The molecule has 4 aromatic heterocycles. The van der Waals surface area contributed by atoms with Crippen LogP contribution in [0.25, 0.3) is 28.1 Å². The minimum absolute atomic E-state index is 0.207. The smallest absolute Gasteiger partial charge is 0.225 e. The summed E-state index contributed by atoms with van der Waals surface area (Å²) in [6.07, 6.45) is 5.42. The topological polar surface area (TPSA) is 83.8 Å². The molecule has 7 nitrogen and oxygen atoms in total. The van der Waals surface area contributed by atoms with Gasteiger partial charge in [0.15, 0.2) is 10.8 Å². The number of nitrogens with zero attached hydrogens (tertiary/aromatic N) is 5. The molecule has 4 aromatic rings. The lowest BCUT2D eigenvalue weighted by Gasteiger charge is -2.33. The van der Waals surface area contributed by atoms with Crippen LogP contribution in [0, 0.1) is 0 Å². The number of nitrogens with one attached hydrogen (secondary N) is 2. The van der Waals surface area contributed by atoms with Crippen molar-refractivity contribution in [2.75, 3.05) is 11.9 Å². The van der Waals surface area contributed by atoms with E-state index in [0.29, 0.717) is 46.6 Å². The Morgan fingerprint density at radius 2 is 2.15 bits per heavy atom. The third-order valence-electron chi connectivity index (χ3n) is 4.79. The Morgan fingerprint density at radius 1 is 1.27 bits per heavy atom. The summed E-state index contributed by atoms with van der Waals surface area (Å²) in [5, 5.41) is 8.81. The van der Waals surface area contributed by atoms with E-state index in [0.717, 1.165) is 11.8 Å². The fraction of sp³-hybridized carbons (Fsp3) is 0.294. The van der Waals surface area contributed by atoms with E-state index >= 15 is 0 Å². The molecule has 0 saturated heterocycles. The molecule has 0 aliphatic heterocycles. The number of imidazole rings is 1. The molecular weight excluding hydrogens is 357 g/mol. The maximum absolute atomic E-state index is 14.3. The summed E-state index contributed by atoms with van der Waals surface area (Å²) in [7, 11) is 0. The zero-order valence-electron chi connectivity index (χ0n) is 13.7. The number of hydrogen-bond donors (Lipinski definition) is 2. The van der Waals surface area contributed by atoms with Crippen molar-refractivity contribution in [1.82, 2.24) is 29.5 Å². The van der Waals surface area contributed by atoms with Crippen LogP contribution in [-0.2, 0) is 0 Å². The molecule has 4 heterocycles. The van der Waals surface area contributed by atoms with Crippen molar-refractivity contribution >= 4 is 34.2 Å². The van der Waals surface area contributed by atoms with E-state index in [1.807, 2.05) is 18.2 Å². The van der Waals surface area contributed by atoms with Crippen molar-refractivity contribution < 1.29 is 4.39 Å². The van der Waals surface area contributed by atoms with Crippen molar-refractivity contribution in [2.45, 2.75) is 24.9 Å². The van der Waals surface area contributed by atoms with Gasteiger partial charge in [-0.3, -0.25) is 0 Å². The predicted octanol–water partition coefficient (Wildman–Crippen LogP) is 3.63. The third kappa shape index (κ3) is 2.48. The molecule has 1 aliphatic carbocycles. The first-order valence-corrected chi connectivity index (χ1v) is 8.78. The van der Waals surface area contributed by atoms with Gasteiger partial charge >= 0.3 is 0 Å². The molecule has 1 saturated carbocycles. The fourth-order valence-corrected chi connectivity index (χ4v) is 3.34. The number of aromatic nitrogens is 6. The summed E-state index contributed by atoms with van der Waals surface area (Å²) in [5.41, 5.74) is 1.44. The van der Waals surface area contributed by atoms with Gasteiger partial charge in [0.1, 0.15) is 22.7 Å². The Bertz CT molecular complexity index is 1110. The first-order valence-electron chi connectivity index (χ1n) is 8.40. The lowest BCUT2D eigenvalue weighted by Crippen LogP contribution is -2.39. The summed E-state index contributed by atoms with van der Waals surface area (Å²) in [6.45, 7) is 0.207.